The number of ether oxygens (including phenoxy) is 1. The molecule has 1 fully saturated rings. The Labute approximate surface area is 135 Å². The topological polar surface area (TPSA) is 63.5 Å². The molecule has 2 aromatic rings. The molecule has 0 unspecified atom stereocenters. The smallest absolute Gasteiger partial charge is 0.270 e. The van der Waals surface area contributed by atoms with Crippen molar-refractivity contribution in [2.24, 2.45) is 7.05 Å². The molecule has 23 heavy (non-hydrogen) atoms. The predicted molar refractivity (Wildman–Crippen MR) is 86.7 cm³/mol. The number of amides is 1. The van der Waals surface area contributed by atoms with Crippen LogP contribution >= 0.6 is 0 Å². The average molecular weight is 315 g/mol. The van der Waals surface area contributed by atoms with Crippen LogP contribution in [0.15, 0.2) is 30.7 Å². The first kappa shape index (κ1) is 15.3. The zero-order chi connectivity index (χ0) is 16.4. The number of aryl methyl sites for hydroxylation is 1. The van der Waals surface area contributed by atoms with E-state index in [1.165, 1.54) is 6.33 Å². The van der Waals surface area contributed by atoms with E-state index >= 15 is 0 Å². The Balaban J connectivity index is 1.63. The monoisotopic (exact) mass is 315 g/mol. The van der Waals surface area contributed by atoms with E-state index < -0.39 is 0 Å². The minimum atomic E-state index is -0.0378. The van der Waals surface area contributed by atoms with Crippen LogP contribution < -0.4 is 9.64 Å². The molecule has 7 nitrogen and oxygen atoms in total. The zero-order valence-corrected chi connectivity index (χ0v) is 13.6. The molecule has 0 radical (unpaired) electrons. The highest BCUT2D eigenvalue weighted by molar-refractivity contribution is 5.93. The van der Waals surface area contributed by atoms with Gasteiger partial charge in [0.15, 0.2) is 0 Å². The van der Waals surface area contributed by atoms with Crippen LogP contribution in [0, 0.1) is 0 Å². The molecule has 0 N–H and O–H groups in total. The van der Waals surface area contributed by atoms with Crippen molar-refractivity contribution >= 4 is 11.7 Å². The van der Waals surface area contributed by atoms with Crippen molar-refractivity contribution in [3.63, 3.8) is 0 Å². The molecule has 0 saturated carbocycles. The summed E-state index contributed by atoms with van der Waals surface area (Å²) in [5, 5.41) is 0. The van der Waals surface area contributed by atoms with Crippen molar-refractivity contribution in [3.8, 4) is 5.88 Å². The van der Waals surface area contributed by atoms with E-state index in [4.69, 9.17) is 4.74 Å². The van der Waals surface area contributed by atoms with E-state index in [1.807, 2.05) is 59.9 Å². The predicted octanol–water partition coefficient (Wildman–Crippen LogP) is 1.17. The fraction of sp³-hybridized carbons (Fsp3) is 0.438. The van der Waals surface area contributed by atoms with Gasteiger partial charge in [-0.05, 0) is 12.1 Å². The van der Waals surface area contributed by atoms with Crippen molar-refractivity contribution in [3.05, 3.63) is 36.4 Å². The van der Waals surface area contributed by atoms with Crippen molar-refractivity contribution in [1.82, 2.24) is 19.4 Å². The van der Waals surface area contributed by atoms with Gasteiger partial charge in [0.05, 0.1) is 6.54 Å². The highest BCUT2D eigenvalue weighted by atomic mass is 16.5. The summed E-state index contributed by atoms with van der Waals surface area (Å²) in [5.41, 5.74) is 0.697. The van der Waals surface area contributed by atoms with Crippen molar-refractivity contribution in [2.45, 2.75) is 12.5 Å². The lowest BCUT2D eigenvalue weighted by Crippen LogP contribution is -2.32. The third-order valence-electron chi connectivity index (χ3n) is 3.97. The quantitative estimate of drug-likeness (QED) is 0.847. The van der Waals surface area contributed by atoms with Crippen LogP contribution in [0.4, 0.5) is 5.82 Å². The standard InChI is InChI=1S/C16H21N5O2/c1-19(2)14-9-15(18-11-17-14)23-12-6-8-21(10-12)16(22)13-5-4-7-20(13)3/h4-5,7,9,11-12H,6,8,10H2,1-3H3/t12-/m0/s1. The molecule has 1 aliphatic rings. The second-order valence-electron chi connectivity index (χ2n) is 5.89. The zero-order valence-electron chi connectivity index (χ0n) is 13.6. The van der Waals surface area contributed by atoms with E-state index in [9.17, 15) is 4.79 Å². The molecule has 1 aliphatic heterocycles. The Kier molecular flexibility index (Phi) is 4.18. The molecule has 3 heterocycles. The van der Waals surface area contributed by atoms with Crippen LogP contribution in [0.2, 0.25) is 0 Å². The number of hydrogen-bond donors (Lipinski definition) is 0. The number of likely N-dealkylation sites (tertiary alicyclic amines) is 1. The number of rotatable bonds is 4. The number of nitrogens with zero attached hydrogens (tertiary/aromatic N) is 5. The van der Waals surface area contributed by atoms with Gasteiger partial charge in [-0.2, -0.15) is 0 Å². The summed E-state index contributed by atoms with van der Waals surface area (Å²) in [6.07, 6.45) is 4.13. The molecule has 1 saturated heterocycles. The normalized spacial score (nSPS) is 17.3. The maximum atomic E-state index is 12.5. The number of hydrogen-bond acceptors (Lipinski definition) is 5. The summed E-state index contributed by atoms with van der Waals surface area (Å²) in [4.78, 5) is 24.5. The molecule has 0 aliphatic carbocycles. The Morgan fingerprint density at radius 3 is 2.91 bits per heavy atom. The second-order valence-corrected chi connectivity index (χ2v) is 5.89. The van der Waals surface area contributed by atoms with Gasteiger partial charge < -0.3 is 19.1 Å². The number of anilines is 1. The molecular formula is C16H21N5O2. The largest absolute Gasteiger partial charge is 0.472 e. The minimum Gasteiger partial charge on any atom is -0.472 e. The van der Waals surface area contributed by atoms with Gasteiger partial charge in [-0.15, -0.1) is 0 Å². The van der Waals surface area contributed by atoms with Gasteiger partial charge in [0, 0.05) is 46.4 Å². The van der Waals surface area contributed by atoms with Crippen LogP contribution in [0.25, 0.3) is 0 Å². The third-order valence-corrected chi connectivity index (χ3v) is 3.97. The lowest BCUT2D eigenvalue weighted by molar-refractivity contribution is 0.0762. The van der Waals surface area contributed by atoms with E-state index in [2.05, 4.69) is 9.97 Å². The first-order chi connectivity index (χ1) is 11.0. The van der Waals surface area contributed by atoms with Crippen LogP contribution in [-0.2, 0) is 7.05 Å². The summed E-state index contributed by atoms with van der Waals surface area (Å²) in [6, 6.07) is 5.52. The van der Waals surface area contributed by atoms with Gasteiger partial charge in [-0.3, -0.25) is 4.79 Å². The van der Waals surface area contributed by atoms with E-state index in [-0.39, 0.29) is 12.0 Å². The Morgan fingerprint density at radius 2 is 2.22 bits per heavy atom. The first-order valence-electron chi connectivity index (χ1n) is 7.61. The molecule has 3 rings (SSSR count). The van der Waals surface area contributed by atoms with Gasteiger partial charge in [0.25, 0.3) is 5.91 Å². The summed E-state index contributed by atoms with van der Waals surface area (Å²) < 4.78 is 7.75. The number of aromatic nitrogens is 3. The summed E-state index contributed by atoms with van der Waals surface area (Å²) in [6.45, 7) is 1.27. The molecule has 0 spiro atoms. The summed E-state index contributed by atoms with van der Waals surface area (Å²) >= 11 is 0. The Hall–Kier alpha value is -2.57. The fourth-order valence-electron chi connectivity index (χ4n) is 2.66. The van der Waals surface area contributed by atoms with E-state index in [0.717, 1.165) is 12.2 Å². The van der Waals surface area contributed by atoms with Gasteiger partial charge >= 0.3 is 0 Å². The van der Waals surface area contributed by atoms with Crippen molar-refractivity contribution < 1.29 is 9.53 Å². The summed E-state index contributed by atoms with van der Waals surface area (Å²) in [7, 11) is 5.71. The highest BCUT2D eigenvalue weighted by Crippen LogP contribution is 2.20. The van der Waals surface area contributed by atoms with Gasteiger partial charge in [0.1, 0.15) is 23.9 Å². The van der Waals surface area contributed by atoms with Gasteiger partial charge in [-0.25, -0.2) is 9.97 Å². The maximum absolute atomic E-state index is 12.5. The molecule has 7 heteroatoms. The molecule has 2 aromatic heterocycles. The van der Waals surface area contributed by atoms with Gasteiger partial charge in [0.2, 0.25) is 5.88 Å². The lowest BCUT2D eigenvalue weighted by Gasteiger charge is -2.18. The first-order valence-corrected chi connectivity index (χ1v) is 7.61. The van der Waals surface area contributed by atoms with Gasteiger partial charge in [-0.1, -0.05) is 0 Å². The maximum Gasteiger partial charge on any atom is 0.270 e. The Morgan fingerprint density at radius 1 is 1.39 bits per heavy atom. The highest BCUT2D eigenvalue weighted by Gasteiger charge is 2.29. The van der Waals surface area contributed by atoms with Crippen LogP contribution in [-0.4, -0.2) is 58.6 Å². The van der Waals surface area contributed by atoms with Crippen molar-refractivity contribution in [1.29, 1.82) is 0 Å². The average Bonchev–Trinajstić information content (AvgIpc) is 3.16. The van der Waals surface area contributed by atoms with Crippen LogP contribution in [0.1, 0.15) is 16.9 Å². The third kappa shape index (κ3) is 3.28. The molecular weight excluding hydrogens is 294 g/mol. The summed E-state index contributed by atoms with van der Waals surface area (Å²) in [5.74, 6) is 1.38. The lowest BCUT2D eigenvalue weighted by atomic mass is 10.3. The Bertz CT molecular complexity index is 697. The second kappa shape index (κ2) is 6.28. The molecule has 1 amide bonds. The minimum absolute atomic E-state index is 0.0378. The number of carbonyl (C=O) groups is 1. The molecule has 0 aromatic carbocycles. The van der Waals surface area contributed by atoms with E-state index in [0.29, 0.717) is 24.7 Å². The molecule has 1 atom stereocenters. The fourth-order valence-corrected chi connectivity index (χ4v) is 2.66. The van der Waals surface area contributed by atoms with E-state index in [1.54, 1.807) is 0 Å². The molecule has 0 bridgehead atoms. The number of carbonyl (C=O) groups excluding carboxylic acids is 1. The van der Waals surface area contributed by atoms with Crippen LogP contribution in [0.5, 0.6) is 5.88 Å². The SMILES string of the molecule is CN(C)c1cc(O[C@H]2CCN(C(=O)c3cccn3C)C2)ncn1. The molecule has 122 valence electrons. The van der Waals surface area contributed by atoms with Crippen molar-refractivity contribution in [2.75, 3.05) is 32.1 Å². The van der Waals surface area contributed by atoms with Crippen LogP contribution in [0.3, 0.4) is 0 Å².